The number of hydrogen-bond donors (Lipinski definition) is 0. The molecule has 11 heavy (non-hydrogen) atoms. The van der Waals surface area contributed by atoms with Crippen molar-refractivity contribution in [2.45, 2.75) is 33.7 Å². The van der Waals surface area contributed by atoms with E-state index in [1.807, 2.05) is 46.7 Å². The van der Waals surface area contributed by atoms with Gasteiger partial charge in [0.1, 0.15) is 0 Å². The number of carbonyl (C=O) groups is 1. The van der Waals surface area contributed by atoms with Crippen molar-refractivity contribution in [3.05, 3.63) is 0 Å². The molecular weight excluding hydrogens is 138 g/mol. The highest BCUT2D eigenvalue weighted by Gasteiger charge is 2.27. The Kier molecular flexibility index (Phi) is 3.24. The Hall–Kier alpha value is -0.370. The SMILES string of the molecule is CC(C(=O)C(C)(C)C)N(C)C. The number of likely N-dealkylation sites (N-methyl/N-ethyl adjacent to an activating group) is 1. The van der Waals surface area contributed by atoms with Crippen LogP contribution in [-0.2, 0) is 4.79 Å². The standard InChI is InChI=1S/C9H19NO/c1-7(10(5)6)8(11)9(2,3)4/h7H,1-6H3. The lowest BCUT2D eigenvalue weighted by molar-refractivity contribution is -0.130. The Morgan fingerprint density at radius 1 is 1.27 bits per heavy atom. The predicted molar refractivity (Wildman–Crippen MR) is 47.6 cm³/mol. The zero-order valence-corrected chi connectivity index (χ0v) is 8.43. The summed E-state index contributed by atoms with van der Waals surface area (Å²) >= 11 is 0. The summed E-state index contributed by atoms with van der Waals surface area (Å²) in [5.74, 6) is 0.294. The number of rotatable bonds is 2. The first-order valence-corrected chi connectivity index (χ1v) is 3.97. The minimum absolute atomic E-state index is 0.0231. The third-order valence-electron chi connectivity index (χ3n) is 1.89. The summed E-state index contributed by atoms with van der Waals surface area (Å²) in [6.07, 6.45) is 0. The van der Waals surface area contributed by atoms with Crippen molar-refractivity contribution < 1.29 is 4.79 Å². The Labute approximate surface area is 69.6 Å². The van der Waals surface area contributed by atoms with Crippen LogP contribution in [0.15, 0.2) is 0 Å². The molecule has 0 bridgehead atoms. The first-order valence-electron chi connectivity index (χ1n) is 3.97. The number of nitrogens with zero attached hydrogens (tertiary/aromatic N) is 1. The lowest BCUT2D eigenvalue weighted by Crippen LogP contribution is -2.39. The molecule has 0 rings (SSSR count). The molecule has 0 heterocycles. The second-order valence-electron chi connectivity index (χ2n) is 4.25. The van der Waals surface area contributed by atoms with Gasteiger partial charge < -0.3 is 0 Å². The molecule has 1 atom stereocenters. The number of ketones is 1. The van der Waals surface area contributed by atoms with Crippen LogP contribution in [-0.4, -0.2) is 30.8 Å². The molecule has 0 saturated heterocycles. The van der Waals surface area contributed by atoms with E-state index in [2.05, 4.69) is 0 Å². The molecule has 0 aromatic heterocycles. The summed E-state index contributed by atoms with van der Waals surface area (Å²) < 4.78 is 0. The van der Waals surface area contributed by atoms with Crippen LogP contribution in [0.1, 0.15) is 27.7 Å². The van der Waals surface area contributed by atoms with Crippen molar-refractivity contribution >= 4 is 5.78 Å². The van der Waals surface area contributed by atoms with Crippen molar-refractivity contribution in [3.8, 4) is 0 Å². The summed E-state index contributed by atoms with van der Waals surface area (Å²) in [5.41, 5.74) is -0.219. The van der Waals surface area contributed by atoms with Crippen molar-refractivity contribution in [1.29, 1.82) is 0 Å². The van der Waals surface area contributed by atoms with E-state index in [4.69, 9.17) is 0 Å². The molecule has 0 aromatic carbocycles. The lowest BCUT2D eigenvalue weighted by Gasteiger charge is -2.26. The zero-order valence-electron chi connectivity index (χ0n) is 8.43. The van der Waals surface area contributed by atoms with Gasteiger partial charge in [0.2, 0.25) is 0 Å². The van der Waals surface area contributed by atoms with Crippen LogP contribution in [0, 0.1) is 5.41 Å². The summed E-state index contributed by atoms with van der Waals surface area (Å²) in [4.78, 5) is 13.5. The highest BCUT2D eigenvalue weighted by atomic mass is 16.1. The van der Waals surface area contributed by atoms with Gasteiger partial charge in [-0.3, -0.25) is 9.69 Å². The molecule has 1 unspecified atom stereocenters. The molecule has 0 saturated carbocycles. The third-order valence-corrected chi connectivity index (χ3v) is 1.89. The van der Waals surface area contributed by atoms with E-state index in [9.17, 15) is 4.79 Å². The van der Waals surface area contributed by atoms with Crippen LogP contribution in [0.3, 0.4) is 0 Å². The minimum atomic E-state index is -0.219. The summed E-state index contributed by atoms with van der Waals surface area (Å²) in [6.45, 7) is 7.80. The Bertz CT molecular complexity index is 144. The quantitative estimate of drug-likeness (QED) is 0.606. The van der Waals surface area contributed by atoms with Crippen LogP contribution in [0.25, 0.3) is 0 Å². The van der Waals surface area contributed by atoms with E-state index in [1.165, 1.54) is 0 Å². The lowest BCUT2D eigenvalue weighted by atomic mass is 9.87. The fraction of sp³-hybridized carbons (Fsp3) is 0.889. The highest BCUT2D eigenvalue weighted by molar-refractivity contribution is 5.88. The fourth-order valence-electron chi connectivity index (χ4n) is 0.861. The van der Waals surface area contributed by atoms with Crippen molar-refractivity contribution in [2.75, 3.05) is 14.1 Å². The van der Waals surface area contributed by atoms with E-state index in [-0.39, 0.29) is 11.5 Å². The summed E-state index contributed by atoms with van der Waals surface area (Å²) in [6, 6.07) is 0.0231. The first kappa shape index (κ1) is 10.6. The molecule has 2 nitrogen and oxygen atoms in total. The molecular formula is C9H19NO. The average molecular weight is 157 g/mol. The molecule has 0 aliphatic heterocycles. The normalized spacial score (nSPS) is 15.2. The largest absolute Gasteiger partial charge is 0.300 e. The number of hydrogen-bond acceptors (Lipinski definition) is 2. The van der Waals surface area contributed by atoms with Gasteiger partial charge in [0, 0.05) is 5.41 Å². The van der Waals surface area contributed by atoms with Crippen molar-refractivity contribution in [2.24, 2.45) is 5.41 Å². The average Bonchev–Trinajstić information content (AvgIpc) is 1.82. The second-order valence-corrected chi connectivity index (χ2v) is 4.25. The van der Waals surface area contributed by atoms with Gasteiger partial charge >= 0.3 is 0 Å². The Balaban J connectivity index is 4.26. The van der Waals surface area contributed by atoms with Gasteiger partial charge in [-0.15, -0.1) is 0 Å². The zero-order chi connectivity index (χ0) is 9.23. The van der Waals surface area contributed by atoms with Gasteiger partial charge in [-0.05, 0) is 21.0 Å². The molecule has 66 valence electrons. The number of carbonyl (C=O) groups excluding carboxylic acids is 1. The number of Topliss-reactive ketones (excluding diaryl/α,β-unsaturated/α-hetero) is 1. The molecule has 0 aliphatic carbocycles. The molecule has 0 N–H and O–H groups in total. The van der Waals surface area contributed by atoms with E-state index in [1.54, 1.807) is 0 Å². The molecule has 2 heteroatoms. The maximum absolute atomic E-state index is 11.6. The van der Waals surface area contributed by atoms with Crippen LogP contribution >= 0.6 is 0 Å². The molecule has 0 radical (unpaired) electrons. The molecule has 0 aromatic rings. The van der Waals surface area contributed by atoms with Gasteiger partial charge in [0.15, 0.2) is 5.78 Å². The van der Waals surface area contributed by atoms with Crippen LogP contribution in [0.2, 0.25) is 0 Å². The Morgan fingerprint density at radius 3 is 1.73 bits per heavy atom. The summed E-state index contributed by atoms with van der Waals surface area (Å²) in [7, 11) is 3.85. The van der Waals surface area contributed by atoms with Gasteiger partial charge in [0.25, 0.3) is 0 Å². The second kappa shape index (κ2) is 3.35. The van der Waals surface area contributed by atoms with E-state index < -0.39 is 0 Å². The van der Waals surface area contributed by atoms with Crippen LogP contribution in [0.4, 0.5) is 0 Å². The monoisotopic (exact) mass is 157 g/mol. The maximum Gasteiger partial charge on any atom is 0.154 e. The van der Waals surface area contributed by atoms with E-state index in [0.717, 1.165) is 0 Å². The molecule has 0 fully saturated rings. The topological polar surface area (TPSA) is 20.3 Å². The minimum Gasteiger partial charge on any atom is -0.300 e. The van der Waals surface area contributed by atoms with E-state index >= 15 is 0 Å². The smallest absolute Gasteiger partial charge is 0.154 e. The maximum atomic E-state index is 11.6. The summed E-state index contributed by atoms with van der Waals surface area (Å²) in [5, 5.41) is 0. The van der Waals surface area contributed by atoms with Crippen molar-refractivity contribution in [3.63, 3.8) is 0 Å². The van der Waals surface area contributed by atoms with Gasteiger partial charge in [-0.1, -0.05) is 20.8 Å². The van der Waals surface area contributed by atoms with E-state index in [0.29, 0.717) is 5.78 Å². The first-order chi connectivity index (χ1) is 4.76. The van der Waals surface area contributed by atoms with Gasteiger partial charge in [-0.25, -0.2) is 0 Å². The van der Waals surface area contributed by atoms with Crippen LogP contribution in [0.5, 0.6) is 0 Å². The van der Waals surface area contributed by atoms with Gasteiger partial charge in [0.05, 0.1) is 6.04 Å². The van der Waals surface area contributed by atoms with Crippen molar-refractivity contribution in [1.82, 2.24) is 4.90 Å². The Morgan fingerprint density at radius 2 is 1.64 bits per heavy atom. The predicted octanol–water partition coefficient (Wildman–Crippen LogP) is 1.55. The molecule has 0 amide bonds. The molecule has 0 spiro atoms. The highest BCUT2D eigenvalue weighted by Crippen LogP contribution is 2.18. The third kappa shape index (κ3) is 3.02. The van der Waals surface area contributed by atoms with Crippen LogP contribution < -0.4 is 0 Å². The fourth-order valence-corrected chi connectivity index (χ4v) is 0.861. The molecule has 0 aliphatic rings. The van der Waals surface area contributed by atoms with Gasteiger partial charge in [-0.2, -0.15) is 0 Å².